The predicted octanol–water partition coefficient (Wildman–Crippen LogP) is 0.715. The maximum Gasteiger partial charge on any atom is 0.279 e. The number of rotatable bonds is 7. The van der Waals surface area contributed by atoms with Crippen LogP contribution in [0.2, 0.25) is 0 Å². The number of aliphatic hydroxyl groups excluding tert-OH is 1. The van der Waals surface area contributed by atoms with E-state index in [0.717, 1.165) is 25.7 Å². The van der Waals surface area contributed by atoms with Crippen LogP contribution in [0.25, 0.3) is 0 Å². The highest BCUT2D eigenvalue weighted by Gasteiger charge is 2.34. The minimum atomic E-state index is -3.39. The minimum Gasteiger partial charge on any atom is -0.396 e. The van der Waals surface area contributed by atoms with Crippen molar-refractivity contribution in [3.05, 3.63) is 0 Å². The molecule has 2 N–H and O–H groups in total. The van der Waals surface area contributed by atoms with Crippen LogP contribution in [0.4, 0.5) is 0 Å². The molecule has 1 saturated carbocycles. The highest BCUT2D eigenvalue weighted by molar-refractivity contribution is 7.87. The lowest BCUT2D eigenvalue weighted by atomic mass is 9.88. The van der Waals surface area contributed by atoms with Crippen LogP contribution >= 0.6 is 0 Å². The van der Waals surface area contributed by atoms with Gasteiger partial charge in [0.25, 0.3) is 10.2 Å². The first-order chi connectivity index (χ1) is 7.99. The van der Waals surface area contributed by atoms with Crippen molar-refractivity contribution in [2.45, 2.75) is 39.5 Å². The quantitative estimate of drug-likeness (QED) is 0.711. The van der Waals surface area contributed by atoms with E-state index in [-0.39, 0.29) is 12.0 Å². The Bertz CT molecular complexity index is 320. The summed E-state index contributed by atoms with van der Waals surface area (Å²) < 4.78 is 27.9. The number of hydrogen-bond donors (Lipinski definition) is 2. The summed E-state index contributed by atoms with van der Waals surface area (Å²) in [5, 5.41) is 9.42. The topological polar surface area (TPSA) is 69.6 Å². The molecule has 102 valence electrons. The smallest absolute Gasteiger partial charge is 0.279 e. The standard InChI is InChI=1S/C11H24N2O3S/c1-3-13(4-2)17(15,16)12-9-11(10-14)7-5-6-8-11/h12,14H,3-10H2,1-2H3. The van der Waals surface area contributed by atoms with Gasteiger partial charge in [0.2, 0.25) is 0 Å². The Labute approximate surface area is 104 Å². The second kappa shape index (κ2) is 6.13. The van der Waals surface area contributed by atoms with E-state index in [1.165, 1.54) is 4.31 Å². The zero-order chi connectivity index (χ0) is 12.9. The zero-order valence-corrected chi connectivity index (χ0v) is 11.6. The highest BCUT2D eigenvalue weighted by atomic mass is 32.2. The van der Waals surface area contributed by atoms with Gasteiger partial charge >= 0.3 is 0 Å². The van der Waals surface area contributed by atoms with Gasteiger partial charge in [-0.15, -0.1) is 0 Å². The fourth-order valence-corrected chi connectivity index (χ4v) is 3.77. The van der Waals surface area contributed by atoms with Crippen LogP contribution < -0.4 is 4.72 Å². The molecule has 17 heavy (non-hydrogen) atoms. The monoisotopic (exact) mass is 264 g/mol. The molecule has 0 atom stereocenters. The average molecular weight is 264 g/mol. The summed E-state index contributed by atoms with van der Waals surface area (Å²) in [5.74, 6) is 0. The SMILES string of the molecule is CCN(CC)S(=O)(=O)NCC1(CO)CCCC1. The first-order valence-corrected chi connectivity index (χ1v) is 7.79. The molecule has 0 aromatic carbocycles. The van der Waals surface area contributed by atoms with Gasteiger partial charge in [-0.1, -0.05) is 26.7 Å². The van der Waals surface area contributed by atoms with Crippen molar-refractivity contribution in [2.24, 2.45) is 5.41 Å². The molecule has 1 aliphatic rings. The largest absolute Gasteiger partial charge is 0.396 e. The van der Waals surface area contributed by atoms with Gasteiger partial charge in [0.1, 0.15) is 0 Å². The van der Waals surface area contributed by atoms with E-state index in [4.69, 9.17) is 0 Å². The molecule has 0 radical (unpaired) electrons. The molecule has 1 fully saturated rings. The van der Waals surface area contributed by atoms with Crippen LogP contribution in [0.5, 0.6) is 0 Å². The summed E-state index contributed by atoms with van der Waals surface area (Å²) in [6.45, 7) is 4.99. The molecule has 0 bridgehead atoms. The molecule has 1 rings (SSSR count). The van der Waals surface area contributed by atoms with Crippen molar-refractivity contribution in [3.63, 3.8) is 0 Å². The highest BCUT2D eigenvalue weighted by Crippen LogP contribution is 2.37. The van der Waals surface area contributed by atoms with Gasteiger partial charge in [-0.25, -0.2) is 4.72 Å². The van der Waals surface area contributed by atoms with Crippen molar-refractivity contribution < 1.29 is 13.5 Å². The van der Waals surface area contributed by atoms with Gasteiger partial charge in [-0.2, -0.15) is 12.7 Å². The van der Waals surface area contributed by atoms with E-state index in [1.807, 2.05) is 13.8 Å². The van der Waals surface area contributed by atoms with E-state index in [1.54, 1.807) is 0 Å². The summed E-state index contributed by atoms with van der Waals surface area (Å²) in [4.78, 5) is 0. The van der Waals surface area contributed by atoms with Gasteiger partial charge < -0.3 is 5.11 Å². The van der Waals surface area contributed by atoms with Crippen LogP contribution in [-0.4, -0.2) is 44.1 Å². The molecule has 0 aromatic heterocycles. The Kier molecular flexibility index (Phi) is 5.37. The number of hydrogen-bond acceptors (Lipinski definition) is 3. The Morgan fingerprint density at radius 3 is 2.18 bits per heavy atom. The summed E-state index contributed by atoms with van der Waals surface area (Å²) in [5.41, 5.74) is -0.236. The van der Waals surface area contributed by atoms with Gasteiger partial charge in [0.15, 0.2) is 0 Å². The Balaban J connectivity index is 2.59. The predicted molar refractivity (Wildman–Crippen MR) is 67.8 cm³/mol. The van der Waals surface area contributed by atoms with Crippen LogP contribution in [0.1, 0.15) is 39.5 Å². The van der Waals surface area contributed by atoms with E-state index in [2.05, 4.69) is 4.72 Å². The van der Waals surface area contributed by atoms with E-state index in [0.29, 0.717) is 19.6 Å². The van der Waals surface area contributed by atoms with E-state index < -0.39 is 10.2 Å². The van der Waals surface area contributed by atoms with Gasteiger partial charge in [-0.05, 0) is 12.8 Å². The van der Waals surface area contributed by atoms with Gasteiger partial charge in [-0.3, -0.25) is 0 Å². The molecule has 0 aromatic rings. The summed E-state index contributed by atoms with van der Waals surface area (Å²) in [6.07, 6.45) is 3.97. The Morgan fingerprint density at radius 1 is 1.24 bits per heavy atom. The number of aliphatic hydroxyl groups is 1. The third-order valence-electron chi connectivity index (χ3n) is 3.67. The molecular formula is C11H24N2O3S. The zero-order valence-electron chi connectivity index (χ0n) is 10.8. The molecule has 0 heterocycles. The van der Waals surface area contributed by atoms with Crippen LogP contribution in [0, 0.1) is 5.41 Å². The molecule has 0 unspecified atom stereocenters. The normalized spacial score (nSPS) is 20.0. The van der Waals surface area contributed by atoms with Crippen molar-refractivity contribution in [1.82, 2.24) is 9.03 Å². The summed E-state index contributed by atoms with van der Waals surface area (Å²) in [6, 6.07) is 0. The fourth-order valence-electron chi connectivity index (χ4n) is 2.41. The molecular weight excluding hydrogens is 240 g/mol. The number of nitrogens with one attached hydrogen (secondary N) is 1. The van der Waals surface area contributed by atoms with Gasteiger partial charge in [0.05, 0.1) is 0 Å². The molecule has 0 saturated heterocycles. The van der Waals surface area contributed by atoms with Crippen molar-refractivity contribution in [3.8, 4) is 0 Å². The first-order valence-electron chi connectivity index (χ1n) is 6.35. The second-order valence-corrected chi connectivity index (χ2v) is 6.53. The molecule has 5 nitrogen and oxygen atoms in total. The third kappa shape index (κ3) is 3.64. The summed E-state index contributed by atoms with van der Waals surface area (Å²) in [7, 11) is -3.39. The lowest BCUT2D eigenvalue weighted by Crippen LogP contribution is -2.45. The summed E-state index contributed by atoms with van der Waals surface area (Å²) >= 11 is 0. The Morgan fingerprint density at radius 2 is 1.76 bits per heavy atom. The van der Waals surface area contributed by atoms with Crippen molar-refractivity contribution in [1.29, 1.82) is 0 Å². The van der Waals surface area contributed by atoms with E-state index in [9.17, 15) is 13.5 Å². The second-order valence-electron chi connectivity index (χ2n) is 4.78. The Hall–Kier alpha value is -0.170. The third-order valence-corrected chi connectivity index (χ3v) is 5.38. The van der Waals surface area contributed by atoms with Crippen LogP contribution in [0.3, 0.4) is 0 Å². The molecule has 0 aliphatic heterocycles. The lowest BCUT2D eigenvalue weighted by Gasteiger charge is -2.28. The maximum absolute atomic E-state index is 11.9. The number of nitrogens with zero attached hydrogens (tertiary/aromatic N) is 1. The minimum absolute atomic E-state index is 0.0633. The lowest BCUT2D eigenvalue weighted by molar-refractivity contribution is 0.134. The molecule has 0 amide bonds. The van der Waals surface area contributed by atoms with Crippen molar-refractivity contribution >= 4 is 10.2 Å². The molecule has 0 spiro atoms. The average Bonchev–Trinajstić information content (AvgIpc) is 2.77. The molecule has 1 aliphatic carbocycles. The first kappa shape index (κ1) is 14.9. The fraction of sp³-hybridized carbons (Fsp3) is 1.00. The van der Waals surface area contributed by atoms with Crippen LogP contribution in [-0.2, 0) is 10.2 Å². The van der Waals surface area contributed by atoms with Crippen molar-refractivity contribution in [2.75, 3.05) is 26.2 Å². The maximum atomic E-state index is 11.9. The van der Waals surface area contributed by atoms with E-state index >= 15 is 0 Å². The van der Waals surface area contributed by atoms with Crippen LogP contribution in [0.15, 0.2) is 0 Å². The molecule has 6 heteroatoms. The van der Waals surface area contributed by atoms with Gasteiger partial charge in [0, 0.05) is 31.7 Å².